The molecule has 0 aliphatic heterocycles. The fourth-order valence-electron chi connectivity index (χ4n) is 3.01. The minimum absolute atomic E-state index is 0.109. The Hall–Kier alpha value is -2.26. The van der Waals surface area contributed by atoms with Gasteiger partial charge in [-0.25, -0.2) is 14.8 Å². The van der Waals surface area contributed by atoms with E-state index in [9.17, 15) is 18.0 Å². The average Bonchev–Trinajstić information content (AvgIpc) is 3.18. The lowest BCUT2D eigenvalue weighted by molar-refractivity contribution is -0.142. The number of hydrogen-bond acceptors (Lipinski definition) is 5. The fourth-order valence-corrected chi connectivity index (χ4v) is 3.36. The van der Waals surface area contributed by atoms with Crippen molar-refractivity contribution < 1.29 is 22.7 Å². The Kier molecular flexibility index (Phi) is 6.69. The highest BCUT2D eigenvalue weighted by Gasteiger charge is 2.38. The number of alkyl halides is 3. The van der Waals surface area contributed by atoms with Gasteiger partial charge in [0.1, 0.15) is 0 Å². The highest BCUT2D eigenvalue weighted by molar-refractivity contribution is 6.43. The highest BCUT2D eigenvalue weighted by Crippen LogP contribution is 2.36. The van der Waals surface area contributed by atoms with Crippen molar-refractivity contribution in [3.8, 4) is 5.75 Å². The normalized spacial score (nSPS) is 14.7. The number of carbonyl (C=O) groups is 1. The van der Waals surface area contributed by atoms with Crippen molar-refractivity contribution in [2.75, 3.05) is 11.9 Å². The third-order valence-electron chi connectivity index (χ3n) is 4.43. The molecule has 2 N–H and O–H groups in total. The Bertz CT molecular complexity index is 890. The van der Waals surface area contributed by atoms with E-state index in [1.807, 2.05) is 0 Å². The summed E-state index contributed by atoms with van der Waals surface area (Å²) in [7, 11) is 0. The first-order valence-corrected chi connectivity index (χ1v) is 9.60. The second-order valence-electron chi connectivity index (χ2n) is 6.55. The van der Waals surface area contributed by atoms with Crippen molar-refractivity contribution in [1.29, 1.82) is 0 Å². The number of aromatic nitrogens is 2. The second kappa shape index (κ2) is 9.04. The Morgan fingerprint density at radius 2 is 1.97 bits per heavy atom. The molecule has 1 fully saturated rings. The molecule has 29 heavy (non-hydrogen) atoms. The molecule has 2 aromatic rings. The molecule has 1 aliphatic carbocycles. The van der Waals surface area contributed by atoms with E-state index in [0.717, 1.165) is 31.9 Å². The third kappa shape index (κ3) is 5.63. The number of nitrogens with zero attached hydrogens (tertiary/aromatic N) is 2. The molecule has 156 valence electrons. The fraction of sp³-hybridized carbons (Fsp3) is 0.389. The summed E-state index contributed by atoms with van der Waals surface area (Å²) in [5, 5.41) is 5.39. The van der Waals surface area contributed by atoms with E-state index in [1.165, 1.54) is 12.1 Å². The molecular weight excluding hydrogens is 432 g/mol. The number of carbonyl (C=O) groups excluding carboxylic acids is 1. The van der Waals surface area contributed by atoms with Gasteiger partial charge in [0.05, 0.1) is 21.9 Å². The van der Waals surface area contributed by atoms with Gasteiger partial charge in [0.15, 0.2) is 11.4 Å². The number of anilines is 2. The van der Waals surface area contributed by atoms with E-state index in [0.29, 0.717) is 12.5 Å². The zero-order chi connectivity index (χ0) is 21.0. The summed E-state index contributed by atoms with van der Waals surface area (Å²) in [6.07, 6.45) is -0.945. The van der Waals surface area contributed by atoms with Gasteiger partial charge in [-0.1, -0.05) is 42.1 Å². The molecule has 1 heterocycles. The molecule has 0 atom stereocenters. The van der Waals surface area contributed by atoms with E-state index in [1.54, 1.807) is 6.07 Å². The van der Waals surface area contributed by atoms with E-state index in [2.05, 4.69) is 20.6 Å². The van der Waals surface area contributed by atoms with Crippen LogP contribution in [0.1, 0.15) is 31.4 Å². The number of hydrogen-bond donors (Lipinski definition) is 2. The van der Waals surface area contributed by atoms with Gasteiger partial charge in [0.2, 0.25) is 5.95 Å². The predicted octanol–water partition coefficient (Wildman–Crippen LogP) is 5.82. The zero-order valence-corrected chi connectivity index (χ0v) is 16.5. The summed E-state index contributed by atoms with van der Waals surface area (Å²) in [4.78, 5) is 19.1. The van der Waals surface area contributed by atoms with Crippen LogP contribution in [0.25, 0.3) is 0 Å². The van der Waals surface area contributed by atoms with Gasteiger partial charge in [0.25, 0.3) is 0 Å². The smallest absolute Gasteiger partial charge is 0.406 e. The van der Waals surface area contributed by atoms with Gasteiger partial charge in [-0.05, 0) is 30.9 Å². The van der Waals surface area contributed by atoms with Crippen molar-refractivity contribution in [3.05, 3.63) is 40.1 Å². The van der Waals surface area contributed by atoms with Gasteiger partial charge in [-0.15, -0.1) is 0 Å². The van der Waals surface area contributed by atoms with Crippen LogP contribution in [-0.2, 0) is 6.18 Å². The quantitative estimate of drug-likeness (QED) is 0.601. The lowest BCUT2D eigenvalue weighted by atomic mass is 10.1. The van der Waals surface area contributed by atoms with Crippen molar-refractivity contribution >= 4 is 40.9 Å². The number of ether oxygens (including phenoxy) is 1. The third-order valence-corrected chi connectivity index (χ3v) is 5.25. The van der Waals surface area contributed by atoms with Crippen LogP contribution >= 0.6 is 23.2 Å². The Morgan fingerprint density at radius 3 is 2.66 bits per heavy atom. The SMILES string of the molecule is O=C(NCC1CCCC1)Oc1cnc(Nc2cccc(Cl)c2Cl)nc1C(F)(F)F. The Balaban J connectivity index is 1.75. The topological polar surface area (TPSA) is 76.1 Å². The maximum absolute atomic E-state index is 13.4. The van der Waals surface area contributed by atoms with Gasteiger partial charge in [-0.3, -0.25) is 0 Å². The van der Waals surface area contributed by atoms with Gasteiger partial charge in [-0.2, -0.15) is 13.2 Å². The van der Waals surface area contributed by atoms with Crippen LogP contribution in [0.2, 0.25) is 10.0 Å². The summed E-state index contributed by atoms with van der Waals surface area (Å²) in [5.74, 6) is -0.848. The van der Waals surface area contributed by atoms with E-state index >= 15 is 0 Å². The van der Waals surface area contributed by atoms with Gasteiger partial charge < -0.3 is 15.4 Å². The van der Waals surface area contributed by atoms with Crippen molar-refractivity contribution in [2.24, 2.45) is 5.92 Å². The molecule has 0 radical (unpaired) electrons. The molecule has 1 aromatic heterocycles. The van der Waals surface area contributed by atoms with Crippen LogP contribution in [0.15, 0.2) is 24.4 Å². The first-order valence-electron chi connectivity index (χ1n) is 8.85. The number of nitrogens with one attached hydrogen (secondary N) is 2. The lowest BCUT2D eigenvalue weighted by Gasteiger charge is -2.15. The summed E-state index contributed by atoms with van der Waals surface area (Å²) in [6, 6.07) is 4.59. The van der Waals surface area contributed by atoms with Gasteiger partial charge >= 0.3 is 12.3 Å². The molecule has 0 bridgehead atoms. The highest BCUT2D eigenvalue weighted by atomic mass is 35.5. The lowest BCUT2D eigenvalue weighted by Crippen LogP contribution is -2.31. The monoisotopic (exact) mass is 448 g/mol. The van der Waals surface area contributed by atoms with Crippen LogP contribution in [0.3, 0.4) is 0 Å². The molecular formula is C18H17Cl2F3N4O2. The number of rotatable bonds is 5. The predicted molar refractivity (Wildman–Crippen MR) is 103 cm³/mol. The van der Waals surface area contributed by atoms with E-state index < -0.39 is 23.7 Å². The first kappa shape index (κ1) is 21.4. The van der Waals surface area contributed by atoms with Crippen molar-refractivity contribution in [2.45, 2.75) is 31.9 Å². The minimum atomic E-state index is -4.86. The molecule has 0 spiro atoms. The van der Waals surface area contributed by atoms with Gasteiger partial charge in [0, 0.05) is 6.54 Å². The standard InChI is InChI=1S/C18H17Cl2F3N4O2/c19-11-6-3-7-12(14(11)20)26-16-24-9-13(15(27-16)18(21,22)23)29-17(28)25-8-10-4-1-2-5-10/h3,6-7,9-10H,1-2,4-5,8H2,(H,25,28)(H,24,26,27). The first-order chi connectivity index (χ1) is 13.7. The summed E-state index contributed by atoms with van der Waals surface area (Å²) < 4.78 is 45.1. The van der Waals surface area contributed by atoms with Crippen LogP contribution in [0, 0.1) is 5.92 Å². The molecule has 1 aromatic carbocycles. The number of benzene rings is 1. The van der Waals surface area contributed by atoms with Crippen molar-refractivity contribution in [3.63, 3.8) is 0 Å². The number of amides is 1. The molecule has 3 rings (SSSR count). The minimum Gasteiger partial charge on any atom is -0.406 e. The van der Waals surface area contributed by atoms with E-state index in [-0.39, 0.29) is 21.7 Å². The summed E-state index contributed by atoms with van der Waals surface area (Å²) >= 11 is 11.9. The molecule has 1 aliphatic rings. The zero-order valence-electron chi connectivity index (χ0n) is 15.0. The van der Waals surface area contributed by atoms with Crippen molar-refractivity contribution in [1.82, 2.24) is 15.3 Å². The summed E-state index contributed by atoms with van der Waals surface area (Å²) in [5.41, 5.74) is -1.15. The van der Waals surface area contributed by atoms with Crippen LogP contribution < -0.4 is 15.4 Å². The Morgan fingerprint density at radius 1 is 1.24 bits per heavy atom. The van der Waals surface area contributed by atoms with E-state index in [4.69, 9.17) is 27.9 Å². The maximum atomic E-state index is 13.4. The van der Waals surface area contributed by atoms with Crippen LogP contribution in [-0.4, -0.2) is 22.6 Å². The molecule has 11 heteroatoms. The molecule has 1 amide bonds. The number of halogens is 5. The Labute approximate surface area is 174 Å². The summed E-state index contributed by atoms with van der Waals surface area (Å²) in [6.45, 7) is 0.355. The molecule has 0 unspecified atom stereocenters. The molecule has 1 saturated carbocycles. The molecule has 6 nitrogen and oxygen atoms in total. The molecule has 0 saturated heterocycles. The second-order valence-corrected chi connectivity index (χ2v) is 7.34. The van der Waals surface area contributed by atoms with Crippen LogP contribution in [0.4, 0.5) is 29.6 Å². The maximum Gasteiger partial charge on any atom is 0.437 e. The van der Waals surface area contributed by atoms with Crippen LogP contribution in [0.5, 0.6) is 5.75 Å². The largest absolute Gasteiger partial charge is 0.437 e. The average molecular weight is 449 g/mol.